The van der Waals surface area contributed by atoms with Gasteiger partial charge in [-0.25, -0.2) is 4.98 Å². The van der Waals surface area contributed by atoms with Crippen molar-refractivity contribution < 1.29 is 9.59 Å². The lowest BCUT2D eigenvalue weighted by atomic mass is 10.1. The number of aromatic nitrogens is 1. The van der Waals surface area contributed by atoms with Crippen LogP contribution in [0.5, 0.6) is 0 Å². The van der Waals surface area contributed by atoms with Gasteiger partial charge in [-0.05, 0) is 24.1 Å². The molecule has 0 bridgehead atoms. The van der Waals surface area contributed by atoms with Gasteiger partial charge in [-0.3, -0.25) is 9.59 Å². The minimum absolute atomic E-state index is 0.0251. The van der Waals surface area contributed by atoms with E-state index in [1.165, 1.54) is 12.3 Å². The van der Waals surface area contributed by atoms with Crippen molar-refractivity contribution in [3.8, 4) is 0 Å². The smallest absolute Gasteiger partial charge is 0.247 e. The normalized spacial score (nSPS) is 13.6. The third-order valence-corrected chi connectivity index (χ3v) is 2.30. The van der Waals surface area contributed by atoms with Crippen LogP contribution in [0, 0.1) is 0 Å². The van der Waals surface area contributed by atoms with Crippen molar-refractivity contribution in [3.63, 3.8) is 0 Å². The van der Waals surface area contributed by atoms with E-state index >= 15 is 0 Å². The van der Waals surface area contributed by atoms with Gasteiger partial charge in [0.05, 0.1) is 11.9 Å². The van der Waals surface area contributed by atoms with Crippen LogP contribution in [0.2, 0.25) is 0 Å². The van der Waals surface area contributed by atoms with E-state index in [1.54, 1.807) is 0 Å². The molecule has 5 heteroatoms. The second-order valence-corrected chi connectivity index (χ2v) is 3.47. The first kappa shape index (κ1) is 10.4. The van der Waals surface area contributed by atoms with Crippen molar-refractivity contribution >= 4 is 23.3 Å². The van der Waals surface area contributed by atoms with Crippen LogP contribution < -0.4 is 10.6 Å². The molecule has 0 radical (unpaired) electrons. The number of nitrogens with zero attached hydrogens (tertiary/aromatic N) is 1. The molecule has 0 spiro atoms. The van der Waals surface area contributed by atoms with Crippen LogP contribution in [-0.2, 0) is 16.0 Å². The number of aryl methyl sites for hydroxylation is 1. The summed E-state index contributed by atoms with van der Waals surface area (Å²) in [6.07, 6.45) is 3.80. The summed E-state index contributed by atoms with van der Waals surface area (Å²) < 4.78 is 0. The molecule has 1 aromatic rings. The Morgan fingerprint density at radius 1 is 1.56 bits per heavy atom. The van der Waals surface area contributed by atoms with Gasteiger partial charge < -0.3 is 10.6 Å². The molecular weight excluding hydrogens is 206 g/mol. The molecule has 0 fully saturated rings. The molecule has 0 aromatic carbocycles. The van der Waals surface area contributed by atoms with E-state index in [1.807, 2.05) is 6.07 Å². The third-order valence-electron chi connectivity index (χ3n) is 2.30. The number of carbonyl (C=O) groups excluding carboxylic acids is 2. The minimum atomic E-state index is -0.276. The number of anilines is 2. The molecule has 2 rings (SSSR count). The molecule has 1 aliphatic rings. The van der Waals surface area contributed by atoms with Crippen molar-refractivity contribution in [2.75, 3.05) is 10.6 Å². The highest BCUT2D eigenvalue weighted by atomic mass is 16.2. The summed E-state index contributed by atoms with van der Waals surface area (Å²) in [5.74, 6) is 0.275. The summed E-state index contributed by atoms with van der Waals surface area (Å²) in [7, 11) is 0. The van der Waals surface area contributed by atoms with Crippen molar-refractivity contribution in [2.45, 2.75) is 12.8 Å². The molecule has 2 heterocycles. The maximum Gasteiger partial charge on any atom is 0.247 e. The van der Waals surface area contributed by atoms with E-state index in [-0.39, 0.29) is 11.8 Å². The molecule has 1 aromatic heterocycles. The third kappa shape index (κ3) is 2.08. The monoisotopic (exact) mass is 217 g/mol. The number of fused-ring (bicyclic) bond motifs is 1. The molecule has 82 valence electrons. The Hall–Kier alpha value is -2.17. The zero-order valence-electron chi connectivity index (χ0n) is 8.62. The van der Waals surface area contributed by atoms with E-state index in [0.717, 1.165) is 5.56 Å². The van der Waals surface area contributed by atoms with Gasteiger partial charge in [0.1, 0.15) is 5.82 Å². The lowest BCUT2D eigenvalue weighted by molar-refractivity contribution is -0.116. The number of carbonyl (C=O) groups is 2. The van der Waals surface area contributed by atoms with Crippen LogP contribution in [0.3, 0.4) is 0 Å². The second kappa shape index (κ2) is 4.14. The molecule has 2 N–H and O–H groups in total. The largest absolute Gasteiger partial charge is 0.321 e. The molecule has 0 saturated heterocycles. The first-order valence-electron chi connectivity index (χ1n) is 4.91. The van der Waals surface area contributed by atoms with Gasteiger partial charge in [-0.15, -0.1) is 0 Å². The first-order chi connectivity index (χ1) is 7.69. The lowest BCUT2D eigenvalue weighted by Gasteiger charge is -2.16. The van der Waals surface area contributed by atoms with Crippen molar-refractivity contribution in [1.29, 1.82) is 0 Å². The summed E-state index contributed by atoms with van der Waals surface area (Å²) in [5.41, 5.74) is 1.54. The minimum Gasteiger partial charge on any atom is -0.321 e. The second-order valence-electron chi connectivity index (χ2n) is 3.47. The fourth-order valence-electron chi connectivity index (χ4n) is 1.52. The van der Waals surface area contributed by atoms with Crippen molar-refractivity contribution in [1.82, 2.24) is 4.98 Å². The Morgan fingerprint density at radius 3 is 3.12 bits per heavy atom. The Bertz CT molecular complexity index is 468. The standard InChI is InChI=1S/C11H11N3O2/c1-2-9(15)13-8-5-7-3-4-10(16)14-11(7)12-6-8/h2,5-6H,1,3-4H2,(H,13,15)(H,12,14,16). The average Bonchev–Trinajstić information content (AvgIpc) is 2.29. The predicted octanol–water partition coefficient (Wildman–Crippen LogP) is 1.09. The van der Waals surface area contributed by atoms with Gasteiger partial charge in [0, 0.05) is 6.42 Å². The molecule has 1 aliphatic heterocycles. The van der Waals surface area contributed by atoms with E-state index in [0.29, 0.717) is 24.3 Å². The van der Waals surface area contributed by atoms with E-state index in [9.17, 15) is 9.59 Å². The zero-order valence-corrected chi connectivity index (χ0v) is 8.62. The van der Waals surface area contributed by atoms with Crippen LogP contribution >= 0.6 is 0 Å². The van der Waals surface area contributed by atoms with Crippen molar-refractivity contribution in [3.05, 3.63) is 30.5 Å². The number of pyridine rings is 1. The zero-order chi connectivity index (χ0) is 11.5. The van der Waals surface area contributed by atoms with Crippen LogP contribution in [0.15, 0.2) is 24.9 Å². The summed E-state index contributed by atoms with van der Waals surface area (Å²) in [6, 6.07) is 1.81. The summed E-state index contributed by atoms with van der Waals surface area (Å²) in [5, 5.41) is 5.29. The van der Waals surface area contributed by atoms with Crippen LogP contribution in [0.25, 0.3) is 0 Å². The van der Waals surface area contributed by atoms with Crippen molar-refractivity contribution in [2.24, 2.45) is 0 Å². The molecule has 0 atom stereocenters. The molecule has 16 heavy (non-hydrogen) atoms. The van der Waals surface area contributed by atoms with Crippen LogP contribution in [0.1, 0.15) is 12.0 Å². The fraction of sp³-hybridized carbons (Fsp3) is 0.182. The maximum absolute atomic E-state index is 11.1. The number of hydrogen-bond donors (Lipinski definition) is 2. The molecule has 5 nitrogen and oxygen atoms in total. The van der Waals surface area contributed by atoms with Gasteiger partial charge in [-0.2, -0.15) is 0 Å². The Balaban J connectivity index is 2.22. The van der Waals surface area contributed by atoms with E-state index in [4.69, 9.17) is 0 Å². The van der Waals surface area contributed by atoms with Gasteiger partial charge in [0.25, 0.3) is 0 Å². The average molecular weight is 217 g/mol. The highest BCUT2D eigenvalue weighted by Crippen LogP contribution is 2.22. The molecule has 0 saturated carbocycles. The number of amides is 2. The Labute approximate surface area is 92.6 Å². The van der Waals surface area contributed by atoms with Gasteiger partial charge in [0.15, 0.2) is 0 Å². The fourth-order valence-corrected chi connectivity index (χ4v) is 1.52. The van der Waals surface area contributed by atoms with E-state index < -0.39 is 0 Å². The Kier molecular flexibility index (Phi) is 2.68. The summed E-state index contributed by atoms with van der Waals surface area (Å²) in [6.45, 7) is 3.36. The quantitative estimate of drug-likeness (QED) is 0.728. The van der Waals surface area contributed by atoms with E-state index in [2.05, 4.69) is 22.2 Å². The van der Waals surface area contributed by atoms with Gasteiger partial charge >= 0.3 is 0 Å². The first-order valence-corrected chi connectivity index (χ1v) is 4.91. The lowest BCUT2D eigenvalue weighted by Crippen LogP contribution is -2.20. The molecular formula is C11H11N3O2. The number of rotatable bonds is 2. The number of hydrogen-bond acceptors (Lipinski definition) is 3. The predicted molar refractivity (Wildman–Crippen MR) is 60.0 cm³/mol. The topological polar surface area (TPSA) is 71.1 Å². The van der Waals surface area contributed by atoms with Gasteiger partial charge in [0.2, 0.25) is 11.8 Å². The molecule has 0 unspecified atom stereocenters. The van der Waals surface area contributed by atoms with Crippen LogP contribution in [-0.4, -0.2) is 16.8 Å². The maximum atomic E-state index is 11.1. The Morgan fingerprint density at radius 2 is 2.38 bits per heavy atom. The summed E-state index contributed by atoms with van der Waals surface area (Å²) >= 11 is 0. The highest BCUT2D eigenvalue weighted by Gasteiger charge is 2.16. The highest BCUT2D eigenvalue weighted by molar-refractivity contribution is 5.99. The molecule has 0 aliphatic carbocycles. The summed E-state index contributed by atoms with van der Waals surface area (Å²) in [4.78, 5) is 26.3. The van der Waals surface area contributed by atoms with Crippen LogP contribution in [0.4, 0.5) is 11.5 Å². The SMILES string of the molecule is C=CC(=O)Nc1cnc2c(c1)CCC(=O)N2. The van der Waals surface area contributed by atoms with Gasteiger partial charge in [-0.1, -0.05) is 6.58 Å². The number of nitrogens with one attached hydrogen (secondary N) is 2. The molecule has 2 amide bonds.